The van der Waals surface area contributed by atoms with Gasteiger partial charge in [-0.2, -0.15) is 0 Å². The third-order valence-electron chi connectivity index (χ3n) is 4.16. The van der Waals surface area contributed by atoms with Crippen molar-refractivity contribution in [3.63, 3.8) is 0 Å². The molecule has 1 N–H and O–H groups in total. The van der Waals surface area contributed by atoms with Gasteiger partial charge in [-0.05, 0) is 44.5 Å². The van der Waals surface area contributed by atoms with Crippen molar-refractivity contribution in [3.05, 3.63) is 35.9 Å². The Morgan fingerprint density at radius 3 is 2.70 bits per heavy atom. The molecule has 112 valence electrons. The highest BCUT2D eigenvalue weighted by atomic mass is 16.5. The van der Waals surface area contributed by atoms with Crippen LogP contribution in [0.2, 0.25) is 0 Å². The zero-order valence-electron chi connectivity index (χ0n) is 12.8. The summed E-state index contributed by atoms with van der Waals surface area (Å²) in [4.78, 5) is 2.33. The average molecular weight is 276 g/mol. The fourth-order valence-corrected chi connectivity index (χ4v) is 2.50. The molecule has 0 spiro atoms. The van der Waals surface area contributed by atoms with Crippen molar-refractivity contribution in [2.75, 3.05) is 33.2 Å². The summed E-state index contributed by atoms with van der Waals surface area (Å²) in [5.74, 6) is 0.808. The molecule has 0 amide bonds. The molecule has 0 bridgehead atoms. The van der Waals surface area contributed by atoms with Crippen molar-refractivity contribution in [2.45, 2.75) is 32.5 Å². The second kappa shape index (κ2) is 8.40. The second-order valence-corrected chi connectivity index (χ2v) is 5.86. The summed E-state index contributed by atoms with van der Waals surface area (Å²) in [6, 6.07) is 10.4. The van der Waals surface area contributed by atoms with Gasteiger partial charge in [0.1, 0.15) is 0 Å². The lowest BCUT2D eigenvalue weighted by molar-refractivity contribution is -0.0395. The summed E-state index contributed by atoms with van der Waals surface area (Å²) in [6.45, 7) is 7.45. The maximum Gasteiger partial charge on any atom is 0.0720 e. The Morgan fingerprint density at radius 1 is 1.25 bits per heavy atom. The molecule has 0 unspecified atom stereocenters. The predicted molar refractivity (Wildman–Crippen MR) is 83.8 cm³/mol. The fourth-order valence-electron chi connectivity index (χ4n) is 2.50. The predicted octanol–water partition coefficient (Wildman–Crippen LogP) is 2.52. The summed E-state index contributed by atoms with van der Waals surface area (Å²) >= 11 is 0. The minimum absolute atomic E-state index is 0.473. The van der Waals surface area contributed by atoms with E-state index in [0.29, 0.717) is 6.10 Å². The number of hydrogen-bond acceptors (Lipinski definition) is 3. The van der Waals surface area contributed by atoms with Crippen LogP contribution in [0.25, 0.3) is 0 Å². The Bertz CT molecular complexity index is 363. The molecule has 1 saturated carbocycles. The van der Waals surface area contributed by atoms with Crippen molar-refractivity contribution >= 4 is 0 Å². The standard InChI is InChI=1S/C17H28N2O/c1-3-19(2)10-9-18-13-16-11-17(12-16)20-14-15-7-5-4-6-8-15/h4-8,16-18H,3,9-14H2,1-2H3. The maximum absolute atomic E-state index is 5.92. The zero-order chi connectivity index (χ0) is 14.2. The molecule has 1 aliphatic carbocycles. The van der Waals surface area contributed by atoms with Gasteiger partial charge >= 0.3 is 0 Å². The van der Waals surface area contributed by atoms with Gasteiger partial charge in [0.15, 0.2) is 0 Å². The van der Waals surface area contributed by atoms with Crippen LogP contribution in [0.4, 0.5) is 0 Å². The highest BCUT2D eigenvalue weighted by molar-refractivity contribution is 5.13. The lowest BCUT2D eigenvalue weighted by Gasteiger charge is -2.35. The molecule has 1 fully saturated rings. The van der Waals surface area contributed by atoms with Crippen molar-refractivity contribution < 1.29 is 4.74 Å². The zero-order valence-corrected chi connectivity index (χ0v) is 12.8. The average Bonchev–Trinajstić information content (AvgIpc) is 2.45. The molecule has 1 aromatic carbocycles. The Balaban J connectivity index is 1.48. The summed E-state index contributed by atoms with van der Waals surface area (Å²) in [7, 11) is 2.17. The van der Waals surface area contributed by atoms with E-state index < -0.39 is 0 Å². The Morgan fingerprint density at radius 2 is 2.00 bits per heavy atom. The van der Waals surface area contributed by atoms with Crippen LogP contribution in [0, 0.1) is 5.92 Å². The summed E-state index contributed by atoms with van der Waals surface area (Å²) in [5.41, 5.74) is 1.27. The third kappa shape index (κ3) is 5.23. The van der Waals surface area contributed by atoms with E-state index in [1.807, 2.05) is 6.07 Å². The van der Waals surface area contributed by atoms with E-state index in [2.05, 4.69) is 48.5 Å². The van der Waals surface area contributed by atoms with Crippen LogP contribution in [0.15, 0.2) is 30.3 Å². The molecule has 1 aromatic rings. The first-order valence-corrected chi connectivity index (χ1v) is 7.82. The van der Waals surface area contributed by atoms with Gasteiger partial charge in [-0.15, -0.1) is 0 Å². The molecule has 2 rings (SSSR count). The van der Waals surface area contributed by atoms with E-state index in [4.69, 9.17) is 4.74 Å². The fraction of sp³-hybridized carbons (Fsp3) is 0.647. The van der Waals surface area contributed by atoms with Gasteiger partial charge in [-0.1, -0.05) is 37.3 Å². The van der Waals surface area contributed by atoms with Gasteiger partial charge in [0.25, 0.3) is 0 Å². The van der Waals surface area contributed by atoms with Crippen LogP contribution in [-0.4, -0.2) is 44.2 Å². The summed E-state index contributed by atoms with van der Waals surface area (Å²) in [6.07, 6.45) is 2.90. The molecule has 1 aliphatic rings. The molecule has 20 heavy (non-hydrogen) atoms. The third-order valence-corrected chi connectivity index (χ3v) is 4.16. The summed E-state index contributed by atoms with van der Waals surface area (Å²) in [5, 5.41) is 3.55. The normalized spacial score (nSPS) is 21.9. The van der Waals surface area contributed by atoms with E-state index in [-0.39, 0.29) is 0 Å². The highest BCUT2D eigenvalue weighted by Crippen LogP contribution is 2.30. The monoisotopic (exact) mass is 276 g/mol. The van der Waals surface area contributed by atoms with Crippen LogP contribution in [0.3, 0.4) is 0 Å². The number of likely N-dealkylation sites (N-methyl/N-ethyl adjacent to an activating group) is 1. The molecule has 0 radical (unpaired) electrons. The van der Waals surface area contributed by atoms with Crippen molar-refractivity contribution in [2.24, 2.45) is 5.92 Å². The van der Waals surface area contributed by atoms with E-state index in [1.165, 1.54) is 18.4 Å². The number of rotatable bonds is 9. The number of ether oxygens (including phenoxy) is 1. The molecule has 3 heteroatoms. The van der Waals surface area contributed by atoms with Crippen LogP contribution >= 0.6 is 0 Å². The van der Waals surface area contributed by atoms with Crippen molar-refractivity contribution in [1.29, 1.82) is 0 Å². The molecule has 0 aromatic heterocycles. The largest absolute Gasteiger partial charge is 0.374 e. The number of nitrogens with zero attached hydrogens (tertiary/aromatic N) is 1. The number of benzene rings is 1. The van der Waals surface area contributed by atoms with Gasteiger partial charge in [0.2, 0.25) is 0 Å². The quantitative estimate of drug-likeness (QED) is 0.701. The van der Waals surface area contributed by atoms with Crippen LogP contribution in [-0.2, 0) is 11.3 Å². The van der Waals surface area contributed by atoms with Crippen molar-refractivity contribution in [1.82, 2.24) is 10.2 Å². The molecule has 0 aliphatic heterocycles. The van der Waals surface area contributed by atoms with E-state index in [0.717, 1.165) is 38.7 Å². The first-order valence-electron chi connectivity index (χ1n) is 7.82. The van der Waals surface area contributed by atoms with E-state index in [1.54, 1.807) is 0 Å². The van der Waals surface area contributed by atoms with E-state index in [9.17, 15) is 0 Å². The van der Waals surface area contributed by atoms with Crippen LogP contribution < -0.4 is 5.32 Å². The molecule has 3 nitrogen and oxygen atoms in total. The Hall–Kier alpha value is -0.900. The van der Waals surface area contributed by atoms with Gasteiger partial charge < -0.3 is 15.0 Å². The van der Waals surface area contributed by atoms with Crippen molar-refractivity contribution in [3.8, 4) is 0 Å². The highest BCUT2D eigenvalue weighted by Gasteiger charge is 2.29. The van der Waals surface area contributed by atoms with E-state index >= 15 is 0 Å². The van der Waals surface area contributed by atoms with Gasteiger partial charge in [0, 0.05) is 13.1 Å². The lowest BCUT2D eigenvalue weighted by Crippen LogP contribution is -2.39. The second-order valence-electron chi connectivity index (χ2n) is 5.86. The number of nitrogens with one attached hydrogen (secondary N) is 1. The van der Waals surface area contributed by atoms with Crippen LogP contribution in [0.1, 0.15) is 25.3 Å². The first kappa shape index (κ1) is 15.5. The topological polar surface area (TPSA) is 24.5 Å². The maximum atomic E-state index is 5.92. The molecule has 0 atom stereocenters. The Kier molecular flexibility index (Phi) is 6.51. The minimum atomic E-state index is 0.473. The molecule has 0 heterocycles. The summed E-state index contributed by atoms with van der Waals surface area (Å²) < 4.78 is 5.92. The van der Waals surface area contributed by atoms with Gasteiger partial charge in [-0.25, -0.2) is 0 Å². The molecular formula is C17H28N2O. The smallest absolute Gasteiger partial charge is 0.0720 e. The molecular weight excluding hydrogens is 248 g/mol. The minimum Gasteiger partial charge on any atom is -0.374 e. The first-order chi connectivity index (χ1) is 9.78. The van der Waals surface area contributed by atoms with Gasteiger partial charge in [0.05, 0.1) is 12.7 Å². The van der Waals surface area contributed by atoms with Gasteiger partial charge in [-0.3, -0.25) is 0 Å². The molecule has 0 saturated heterocycles. The SMILES string of the molecule is CCN(C)CCNCC1CC(OCc2ccccc2)C1. The lowest BCUT2D eigenvalue weighted by atomic mass is 9.82. The Labute approximate surface area is 123 Å². The number of hydrogen-bond donors (Lipinski definition) is 1. The van der Waals surface area contributed by atoms with Crippen LogP contribution in [0.5, 0.6) is 0 Å².